The van der Waals surface area contributed by atoms with Gasteiger partial charge in [-0.2, -0.15) is 5.26 Å². The van der Waals surface area contributed by atoms with E-state index in [4.69, 9.17) is 5.26 Å². The molecule has 0 atom stereocenters. The fraction of sp³-hybridized carbons (Fsp3) is 0.158. The van der Waals surface area contributed by atoms with Crippen LogP contribution in [0.15, 0.2) is 59.6 Å². The van der Waals surface area contributed by atoms with Crippen LogP contribution in [0.2, 0.25) is 0 Å². The molecule has 2 aromatic heterocycles. The zero-order chi connectivity index (χ0) is 19.1. The summed E-state index contributed by atoms with van der Waals surface area (Å²) in [6.45, 7) is 4.37. The molecule has 0 aliphatic heterocycles. The van der Waals surface area contributed by atoms with Gasteiger partial charge in [0.2, 0.25) is 5.91 Å². The van der Waals surface area contributed by atoms with Gasteiger partial charge in [-0.25, -0.2) is 0 Å². The Labute approximate surface area is 165 Å². The molecule has 27 heavy (non-hydrogen) atoms. The molecule has 1 N–H and O–H groups in total. The molecule has 136 valence electrons. The predicted octanol–water partition coefficient (Wildman–Crippen LogP) is 3.72. The third-order valence-corrected chi connectivity index (χ3v) is 5.48. The van der Waals surface area contributed by atoms with E-state index in [2.05, 4.69) is 28.2 Å². The number of rotatable bonds is 8. The minimum Gasteiger partial charge on any atom is -0.316 e. The first kappa shape index (κ1) is 18.9. The van der Waals surface area contributed by atoms with Crippen molar-refractivity contribution in [3.8, 4) is 6.07 Å². The number of allylic oxidation sites excluding steroid dienone is 1. The van der Waals surface area contributed by atoms with E-state index in [1.165, 1.54) is 23.1 Å². The van der Waals surface area contributed by atoms with Crippen molar-refractivity contribution in [2.24, 2.45) is 0 Å². The number of thiophene rings is 1. The molecule has 0 fully saturated rings. The molecule has 0 radical (unpaired) electrons. The summed E-state index contributed by atoms with van der Waals surface area (Å²) in [7, 11) is 0. The molecule has 6 nitrogen and oxygen atoms in total. The van der Waals surface area contributed by atoms with E-state index in [1.54, 1.807) is 17.5 Å². The lowest BCUT2D eigenvalue weighted by molar-refractivity contribution is -0.113. The highest BCUT2D eigenvalue weighted by atomic mass is 32.2. The zero-order valence-corrected chi connectivity index (χ0v) is 16.1. The number of carbonyl (C=O) groups is 1. The Morgan fingerprint density at radius 2 is 2.15 bits per heavy atom. The van der Waals surface area contributed by atoms with Gasteiger partial charge in [0, 0.05) is 13.0 Å². The number of hydrogen-bond acceptors (Lipinski definition) is 6. The van der Waals surface area contributed by atoms with Crippen LogP contribution >= 0.6 is 23.1 Å². The molecule has 3 aromatic rings. The molecule has 0 unspecified atom stereocenters. The van der Waals surface area contributed by atoms with Crippen LogP contribution in [0.4, 0.5) is 5.00 Å². The van der Waals surface area contributed by atoms with E-state index >= 15 is 0 Å². The number of anilines is 1. The number of benzene rings is 1. The van der Waals surface area contributed by atoms with Gasteiger partial charge in [-0.3, -0.25) is 4.79 Å². The molecule has 8 heteroatoms. The zero-order valence-electron chi connectivity index (χ0n) is 14.5. The highest BCUT2D eigenvalue weighted by Gasteiger charge is 2.15. The fourth-order valence-electron chi connectivity index (χ4n) is 2.43. The topological polar surface area (TPSA) is 83.6 Å². The number of nitrogens with zero attached hydrogens (tertiary/aromatic N) is 4. The Bertz CT molecular complexity index is 972. The molecule has 1 aromatic carbocycles. The summed E-state index contributed by atoms with van der Waals surface area (Å²) in [6.07, 6.45) is 2.45. The molecule has 0 aliphatic carbocycles. The van der Waals surface area contributed by atoms with Crippen molar-refractivity contribution in [2.45, 2.75) is 18.1 Å². The van der Waals surface area contributed by atoms with Crippen LogP contribution in [-0.4, -0.2) is 26.4 Å². The summed E-state index contributed by atoms with van der Waals surface area (Å²) < 4.78 is 1.96. The third-order valence-electron chi connectivity index (χ3n) is 3.68. The first-order valence-electron chi connectivity index (χ1n) is 8.18. The van der Waals surface area contributed by atoms with Crippen molar-refractivity contribution in [1.29, 1.82) is 5.26 Å². The Morgan fingerprint density at radius 1 is 1.33 bits per heavy atom. The lowest BCUT2D eigenvalue weighted by Gasteiger charge is -2.08. The molecule has 0 spiro atoms. The second kappa shape index (κ2) is 9.16. The van der Waals surface area contributed by atoms with Crippen molar-refractivity contribution in [3.63, 3.8) is 0 Å². The number of carbonyl (C=O) groups excluding carboxylic acids is 1. The summed E-state index contributed by atoms with van der Waals surface area (Å²) in [6, 6.07) is 13.8. The largest absolute Gasteiger partial charge is 0.316 e. The summed E-state index contributed by atoms with van der Waals surface area (Å²) in [5.41, 5.74) is 1.62. The maximum Gasteiger partial charge on any atom is 0.235 e. The summed E-state index contributed by atoms with van der Waals surface area (Å²) in [5, 5.41) is 23.3. The monoisotopic (exact) mass is 395 g/mol. The Morgan fingerprint density at radius 3 is 2.89 bits per heavy atom. The van der Waals surface area contributed by atoms with Crippen molar-refractivity contribution in [3.05, 3.63) is 71.4 Å². The normalized spacial score (nSPS) is 10.3. The average molecular weight is 396 g/mol. The summed E-state index contributed by atoms with van der Waals surface area (Å²) in [4.78, 5) is 12.2. The van der Waals surface area contributed by atoms with Crippen LogP contribution < -0.4 is 5.32 Å². The Hall–Kier alpha value is -2.89. The molecule has 1 amide bonds. The smallest absolute Gasteiger partial charge is 0.235 e. The van der Waals surface area contributed by atoms with Gasteiger partial charge >= 0.3 is 0 Å². The van der Waals surface area contributed by atoms with Gasteiger partial charge in [0.15, 0.2) is 5.16 Å². The quantitative estimate of drug-likeness (QED) is 0.464. The number of nitriles is 1. The van der Waals surface area contributed by atoms with E-state index in [1.807, 2.05) is 34.9 Å². The van der Waals surface area contributed by atoms with Gasteiger partial charge in [-0.1, -0.05) is 48.2 Å². The fourth-order valence-corrected chi connectivity index (χ4v) is 3.95. The van der Waals surface area contributed by atoms with Gasteiger partial charge < -0.3 is 9.88 Å². The third kappa shape index (κ3) is 4.84. The summed E-state index contributed by atoms with van der Waals surface area (Å²) in [5.74, 6) is 0.828. The van der Waals surface area contributed by atoms with Crippen molar-refractivity contribution < 1.29 is 4.79 Å². The van der Waals surface area contributed by atoms with Gasteiger partial charge in [0.05, 0.1) is 11.3 Å². The van der Waals surface area contributed by atoms with Gasteiger partial charge in [0.25, 0.3) is 0 Å². The van der Waals surface area contributed by atoms with Crippen LogP contribution in [0.5, 0.6) is 0 Å². The molecule has 3 rings (SSSR count). The van der Waals surface area contributed by atoms with Crippen LogP contribution in [0, 0.1) is 11.3 Å². The summed E-state index contributed by atoms with van der Waals surface area (Å²) >= 11 is 2.64. The van der Waals surface area contributed by atoms with E-state index in [9.17, 15) is 4.79 Å². The Kier molecular flexibility index (Phi) is 6.41. The van der Waals surface area contributed by atoms with Crippen molar-refractivity contribution in [2.75, 3.05) is 11.1 Å². The van der Waals surface area contributed by atoms with Crippen LogP contribution in [0.3, 0.4) is 0 Å². The standard InChI is InChI=1S/C19H17N5OS2/c1-2-9-24-16(11-14-6-4-3-5-7-14)22-23-19(24)27-13-17(25)21-18-15(12-20)8-10-26-18/h2-8,10H,1,9,11,13H2,(H,21,25). The maximum atomic E-state index is 12.2. The SMILES string of the molecule is C=CCn1c(Cc2ccccc2)nnc1SCC(=O)Nc1sccc1C#N. The minimum atomic E-state index is -0.184. The highest BCUT2D eigenvalue weighted by molar-refractivity contribution is 7.99. The van der Waals surface area contributed by atoms with E-state index in [-0.39, 0.29) is 11.7 Å². The van der Waals surface area contributed by atoms with Gasteiger partial charge in [-0.15, -0.1) is 28.1 Å². The minimum absolute atomic E-state index is 0.184. The number of aromatic nitrogens is 3. The molecule has 0 bridgehead atoms. The lowest BCUT2D eigenvalue weighted by Crippen LogP contribution is -2.14. The van der Waals surface area contributed by atoms with E-state index in [0.717, 1.165) is 11.4 Å². The van der Waals surface area contributed by atoms with Crippen molar-refractivity contribution in [1.82, 2.24) is 14.8 Å². The molecule has 0 aliphatic rings. The molecule has 2 heterocycles. The van der Waals surface area contributed by atoms with Crippen molar-refractivity contribution >= 4 is 34.0 Å². The van der Waals surface area contributed by atoms with Crippen LogP contribution in [0.25, 0.3) is 0 Å². The van der Waals surface area contributed by atoms with Crippen LogP contribution in [-0.2, 0) is 17.8 Å². The predicted molar refractivity (Wildman–Crippen MR) is 108 cm³/mol. The molecular formula is C19H17N5OS2. The number of hydrogen-bond donors (Lipinski definition) is 1. The van der Waals surface area contributed by atoms with E-state index in [0.29, 0.717) is 28.7 Å². The molecule has 0 saturated heterocycles. The highest BCUT2D eigenvalue weighted by Crippen LogP contribution is 2.23. The first-order valence-corrected chi connectivity index (χ1v) is 10.0. The van der Waals surface area contributed by atoms with Gasteiger partial charge in [0.1, 0.15) is 16.9 Å². The molecular weight excluding hydrogens is 378 g/mol. The second-order valence-electron chi connectivity index (χ2n) is 5.57. The Balaban J connectivity index is 1.66. The second-order valence-corrected chi connectivity index (χ2v) is 7.43. The first-order chi connectivity index (χ1) is 13.2. The molecule has 0 saturated carbocycles. The average Bonchev–Trinajstić information content (AvgIpc) is 3.28. The number of amides is 1. The maximum absolute atomic E-state index is 12.2. The number of nitrogens with one attached hydrogen (secondary N) is 1. The van der Waals surface area contributed by atoms with E-state index < -0.39 is 0 Å². The number of thioether (sulfide) groups is 1. The van der Waals surface area contributed by atoms with Crippen LogP contribution in [0.1, 0.15) is 17.0 Å². The lowest BCUT2D eigenvalue weighted by atomic mass is 10.1. The van der Waals surface area contributed by atoms with Gasteiger partial charge in [-0.05, 0) is 17.0 Å².